The summed E-state index contributed by atoms with van der Waals surface area (Å²) in [7, 11) is 0. The summed E-state index contributed by atoms with van der Waals surface area (Å²) in [4.78, 5) is 21.3. The molecule has 0 radical (unpaired) electrons. The van der Waals surface area contributed by atoms with E-state index in [-0.39, 0.29) is 40.6 Å². The second-order valence-corrected chi connectivity index (χ2v) is 6.44. The molecule has 1 N–H and O–H groups in total. The zero-order valence-corrected chi connectivity index (χ0v) is 18.3. The van der Waals surface area contributed by atoms with Crippen LogP contribution < -0.4 is 0 Å². The van der Waals surface area contributed by atoms with Gasteiger partial charge in [0.1, 0.15) is 0 Å². The third kappa shape index (κ3) is 23.9. The van der Waals surface area contributed by atoms with Gasteiger partial charge in [0, 0.05) is 12.2 Å². The molecule has 0 atom stereocenters. The number of esters is 1. The van der Waals surface area contributed by atoms with E-state index in [0.29, 0.717) is 6.61 Å². The van der Waals surface area contributed by atoms with E-state index in [1.54, 1.807) is 0 Å². The summed E-state index contributed by atoms with van der Waals surface area (Å²) in [6.45, 7) is 2.63. The van der Waals surface area contributed by atoms with Crippen molar-refractivity contribution < 1.29 is 22.3 Å². The van der Waals surface area contributed by atoms with E-state index >= 15 is 0 Å². The maximum absolute atomic E-state index is 11.1. The number of carboxylic acids is 1. The van der Waals surface area contributed by atoms with Gasteiger partial charge in [0.25, 0.3) is 0 Å². The summed E-state index contributed by atoms with van der Waals surface area (Å²) < 4.78 is 4.91. The summed E-state index contributed by atoms with van der Waals surface area (Å²) in [5.41, 5.74) is 0. The van der Waals surface area contributed by atoms with Gasteiger partial charge in [-0.2, -0.15) is 0 Å². The summed E-state index contributed by atoms with van der Waals surface area (Å²) in [6.07, 6.45) is 19.8. The van der Waals surface area contributed by atoms with Crippen LogP contribution in [0.25, 0.3) is 0 Å². The number of aliphatic carboxylic acids is 1. The third-order valence-electron chi connectivity index (χ3n) is 4.10. The zero-order valence-electron chi connectivity index (χ0n) is 18.1. The fourth-order valence-electron chi connectivity index (χ4n) is 2.66. The number of ether oxygens (including phenoxy) is 1. The molecule has 25 heavy (non-hydrogen) atoms. The molecule has 4 nitrogen and oxygen atoms in total. The van der Waals surface area contributed by atoms with Crippen molar-refractivity contribution in [3.8, 4) is 0 Å². The van der Waals surface area contributed by atoms with Gasteiger partial charge in [-0.3, -0.25) is 0 Å². The van der Waals surface area contributed by atoms with Crippen LogP contribution in [0.3, 0.4) is 0 Å². The fourth-order valence-corrected chi connectivity index (χ4v) is 2.66. The van der Waals surface area contributed by atoms with Crippen molar-refractivity contribution in [2.45, 2.75) is 96.8 Å². The molecule has 0 rings (SSSR count). The summed E-state index contributed by atoms with van der Waals surface area (Å²) >= 11 is 0. The predicted octanol–water partition coefficient (Wildman–Crippen LogP) is 5.50. The summed E-state index contributed by atoms with van der Waals surface area (Å²) in [5.74, 6) is -1.71. The molecule has 0 amide bonds. The second-order valence-electron chi connectivity index (χ2n) is 6.44. The zero-order chi connectivity index (χ0) is 17.9. The first-order chi connectivity index (χ1) is 11.7. The smallest absolute Gasteiger partial charge is 1.00 e. The number of rotatable bonds is 17. The fraction of sp³-hybridized carbons (Fsp3) is 0.800. The molecule has 0 aliphatic carbocycles. The van der Waals surface area contributed by atoms with Gasteiger partial charge >= 0.3 is 49.7 Å². The first kappa shape index (κ1) is 27.2. The van der Waals surface area contributed by atoms with Gasteiger partial charge in [0.2, 0.25) is 0 Å². The Morgan fingerprint density at radius 3 is 1.56 bits per heavy atom. The van der Waals surface area contributed by atoms with Gasteiger partial charge in [-0.25, -0.2) is 9.59 Å². The van der Waals surface area contributed by atoms with E-state index in [9.17, 15) is 9.59 Å². The minimum Gasteiger partial charge on any atom is -1.00 e. The van der Waals surface area contributed by atoms with Crippen molar-refractivity contribution >= 4 is 49.7 Å². The molecule has 0 saturated heterocycles. The number of carbonyl (C=O) groups is 2. The molecule has 0 aliphatic heterocycles. The Bertz CT molecular complexity index is 353. The van der Waals surface area contributed by atoms with E-state index in [2.05, 4.69) is 6.92 Å². The molecule has 5 heteroatoms. The quantitative estimate of drug-likeness (QED) is 0.156. The molecule has 0 bridgehead atoms. The Hall–Kier alpha value is -0.0603. The first-order valence-electron chi connectivity index (χ1n) is 9.74. The average molecular weight is 383 g/mol. The SMILES string of the molecule is CCCCCCCCCCCCCCCCOC(=O)/C=C\C(=O)O.[Ca+2].[H-].[H-]. The molecule has 0 saturated carbocycles. The van der Waals surface area contributed by atoms with Gasteiger partial charge in [-0.1, -0.05) is 90.4 Å². The molecule has 0 aromatic rings. The van der Waals surface area contributed by atoms with E-state index in [4.69, 9.17) is 9.84 Å². The maximum atomic E-state index is 11.1. The number of hydrogen-bond donors (Lipinski definition) is 1. The van der Waals surface area contributed by atoms with E-state index in [1.807, 2.05) is 0 Å². The van der Waals surface area contributed by atoms with Gasteiger partial charge < -0.3 is 12.7 Å². The molecule has 144 valence electrons. The van der Waals surface area contributed by atoms with E-state index in [1.165, 1.54) is 77.0 Å². The van der Waals surface area contributed by atoms with Crippen molar-refractivity contribution in [3.05, 3.63) is 12.2 Å². The van der Waals surface area contributed by atoms with Crippen LogP contribution in [0, 0.1) is 0 Å². The van der Waals surface area contributed by atoms with Crippen LogP contribution >= 0.6 is 0 Å². The first-order valence-corrected chi connectivity index (χ1v) is 9.74. The minimum atomic E-state index is -1.14. The maximum Gasteiger partial charge on any atom is 2.00 e. The molecule has 0 spiro atoms. The molecule has 0 aliphatic rings. The Balaban J connectivity index is -0.000000882. The van der Waals surface area contributed by atoms with Gasteiger partial charge in [0.15, 0.2) is 0 Å². The van der Waals surface area contributed by atoms with Crippen molar-refractivity contribution in [1.29, 1.82) is 0 Å². The monoisotopic (exact) mass is 382 g/mol. The number of carboxylic acid groups (broad SMARTS) is 1. The summed E-state index contributed by atoms with van der Waals surface area (Å²) in [5, 5.41) is 8.37. The summed E-state index contributed by atoms with van der Waals surface area (Å²) in [6, 6.07) is 0. The molecule has 0 heterocycles. The van der Waals surface area contributed by atoms with Crippen molar-refractivity contribution in [3.63, 3.8) is 0 Å². The number of carbonyl (C=O) groups excluding carboxylic acids is 1. The van der Waals surface area contributed by atoms with E-state index in [0.717, 1.165) is 25.0 Å². The second kappa shape index (κ2) is 22.0. The van der Waals surface area contributed by atoms with Crippen molar-refractivity contribution in [2.24, 2.45) is 0 Å². The average Bonchev–Trinajstić information content (AvgIpc) is 2.56. The third-order valence-corrected chi connectivity index (χ3v) is 4.10. The Morgan fingerprint density at radius 1 is 0.760 bits per heavy atom. The number of hydrogen-bond acceptors (Lipinski definition) is 3. The van der Waals surface area contributed by atoms with Crippen LogP contribution in [0.1, 0.15) is 99.7 Å². The van der Waals surface area contributed by atoms with Crippen LogP contribution in [-0.2, 0) is 14.3 Å². The van der Waals surface area contributed by atoms with Crippen LogP contribution in [0.5, 0.6) is 0 Å². The largest absolute Gasteiger partial charge is 2.00 e. The normalized spacial score (nSPS) is 10.6. The molecule has 0 aromatic carbocycles. The molecular formula is C20H38CaO4. The molecule has 0 fully saturated rings. The Morgan fingerprint density at radius 2 is 1.16 bits per heavy atom. The van der Waals surface area contributed by atoms with Gasteiger partial charge in [-0.15, -0.1) is 0 Å². The Labute approximate surface area is 186 Å². The van der Waals surface area contributed by atoms with Crippen LogP contribution in [0.4, 0.5) is 0 Å². The van der Waals surface area contributed by atoms with Gasteiger partial charge in [0.05, 0.1) is 6.61 Å². The Kier molecular flexibility index (Phi) is 23.9. The topological polar surface area (TPSA) is 63.6 Å². The van der Waals surface area contributed by atoms with Crippen molar-refractivity contribution in [2.75, 3.05) is 6.61 Å². The van der Waals surface area contributed by atoms with Crippen LogP contribution in [0.2, 0.25) is 0 Å². The van der Waals surface area contributed by atoms with E-state index < -0.39 is 11.9 Å². The van der Waals surface area contributed by atoms with Crippen molar-refractivity contribution in [1.82, 2.24) is 0 Å². The minimum absolute atomic E-state index is 0. The predicted molar refractivity (Wildman–Crippen MR) is 106 cm³/mol. The van der Waals surface area contributed by atoms with Crippen LogP contribution in [0.15, 0.2) is 12.2 Å². The van der Waals surface area contributed by atoms with Gasteiger partial charge in [-0.05, 0) is 6.42 Å². The molecule has 0 unspecified atom stereocenters. The molecule has 0 aromatic heterocycles. The number of unbranched alkanes of at least 4 members (excludes halogenated alkanes) is 13. The standard InChI is InChI=1S/C20H36O4.Ca.2H/c1-2-3-4-5-6-7-8-9-10-11-12-13-14-15-18-24-20(23)17-16-19(21)22;;;/h16-17H,2-15,18H2,1H3,(H,21,22);;;/q;+2;2*-1/b17-16-;;;. The molecular weight excluding hydrogens is 344 g/mol. The van der Waals surface area contributed by atoms with Crippen LogP contribution in [-0.4, -0.2) is 61.4 Å².